The fourth-order valence-electron chi connectivity index (χ4n) is 2.34. The molecule has 140 valence electrons. The Morgan fingerprint density at radius 2 is 1.88 bits per heavy atom. The first-order valence-corrected chi connectivity index (χ1v) is 7.60. The molecule has 1 rings (SSSR count). The maximum Gasteiger partial charge on any atom is 0.323 e. The molecule has 8 atom stereocenters. The second-order valence-corrected chi connectivity index (χ2v) is 5.88. The molecule has 1 fully saturated rings. The third-order valence-corrected chi connectivity index (χ3v) is 3.73. The van der Waals surface area contributed by atoms with Crippen molar-refractivity contribution in [2.75, 3.05) is 6.61 Å². The van der Waals surface area contributed by atoms with Crippen LogP contribution in [0.2, 0.25) is 0 Å². The standard InChI is InChI=1S/C14H26N2O8/c1-5(15)13(20)24-11(6(2)18)7(3)22-12-9(16)14(21)23-8(4-17)10(12)19/h5,7-12,14,17,19,21H,4,15-16H2,1-3H3/t5-,7?,8+,9+,10+,11?,12+,14-/m0/s1. The summed E-state index contributed by atoms with van der Waals surface area (Å²) in [6, 6.07) is -2.04. The second kappa shape index (κ2) is 8.81. The van der Waals surface area contributed by atoms with Gasteiger partial charge in [-0.25, -0.2) is 0 Å². The average Bonchev–Trinajstić information content (AvgIpc) is 2.51. The zero-order valence-electron chi connectivity index (χ0n) is 13.9. The van der Waals surface area contributed by atoms with Crippen molar-refractivity contribution in [3.63, 3.8) is 0 Å². The number of ketones is 1. The first kappa shape index (κ1) is 20.9. The number of carbonyl (C=O) groups excluding carboxylic acids is 2. The van der Waals surface area contributed by atoms with Crippen LogP contribution in [0.15, 0.2) is 0 Å². The van der Waals surface area contributed by atoms with Crippen LogP contribution >= 0.6 is 0 Å². The Morgan fingerprint density at radius 1 is 1.29 bits per heavy atom. The van der Waals surface area contributed by atoms with E-state index in [2.05, 4.69) is 0 Å². The number of nitrogens with two attached hydrogens (primary N) is 2. The highest BCUT2D eigenvalue weighted by molar-refractivity contribution is 5.85. The predicted octanol–water partition coefficient (Wildman–Crippen LogP) is -2.99. The number of ether oxygens (including phenoxy) is 3. The highest BCUT2D eigenvalue weighted by Crippen LogP contribution is 2.23. The van der Waals surface area contributed by atoms with Gasteiger partial charge in [-0.05, 0) is 20.8 Å². The molecule has 0 amide bonds. The minimum atomic E-state index is -1.47. The topological polar surface area (TPSA) is 175 Å². The summed E-state index contributed by atoms with van der Waals surface area (Å²) in [6.07, 6.45) is -7.27. The summed E-state index contributed by atoms with van der Waals surface area (Å²) in [6.45, 7) is 3.51. The summed E-state index contributed by atoms with van der Waals surface area (Å²) in [5.41, 5.74) is 11.2. The lowest BCUT2D eigenvalue weighted by Crippen LogP contribution is -2.63. The van der Waals surface area contributed by atoms with Crippen molar-refractivity contribution >= 4 is 11.8 Å². The van der Waals surface area contributed by atoms with E-state index in [1.54, 1.807) is 0 Å². The molecule has 0 saturated carbocycles. The van der Waals surface area contributed by atoms with Gasteiger partial charge in [0, 0.05) is 0 Å². The van der Waals surface area contributed by atoms with Gasteiger partial charge in [0.05, 0.1) is 18.8 Å². The SMILES string of the molecule is CC(=O)C(OC(=O)[C@H](C)N)C(C)O[C@@H]1[C@@H](N)[C@@H](O)O[C@H](CO)[C@H]1O. The molecule has 0 aliphatic carbocycles. The lowest BCUT2D eigenvalue weighted by molar-refractivity contribution is -0.266. The van der Waals surface area contributed by atoms with E-state index >= 15 is 0 Å². The first-order chi connectivity index (χ1) is 11.1. The van der Waals surface area contributed by atoms with Gasteiger partial charge in [0.2, 0.25) is 0 Å². The molecule has 0 aromatic heterocycles. The third-order valence-electron chi connectivity index (χ3n) is 3.73. The number of Topliss-reactive ketones (excluding diaryl/α,β-unsaturated/α-hetero) is 1. The van der Waals surface area contributed by atoms with E-state index in [9.17, 15) is 19.8 Å². The van der Waals surface area contributed by atoms with Gasteiger partial charge >= 0.3 is 5.97 Å². The molecule has 1 aliphatic heterocycles. The van der Waals surface area contributed by atoms with Crippen LogP contribution in [0.25, 0.3) is 0 Å². The van der Waals surface area contributed by atoms with Crippen LogP contribution in [0, 0.1) is 0 Å². The Hall–Kier alpha value is -1.14. The monoisotopic (exact) mass is 350 g/mol. The summed E-state index contributed by atoms with van der Waals surface area (Å²) in [4.78, 5) is 23.3. The van der Waals surface area contributed by atoms with E-state index in [0.29, 0.717) is 0 Å². The second-order valence-electron chi connectivity index (χ2n) is 5.88. The van der Waals surface area contributed by atoms with Crippen molar-refractivity contribution < 1.29 is 39.1 Å². The van der Waals surface area contributed by atoms with Crippen molar-refractivity contribution in [3.05, 3.63) is 0 Å². The van der Waals surface area contributed by atoms with Crippen molar-refractivity contribution in [2.24, 2.45) is 11.5 Å². The molecule has 10 heteroatoms. The van der Waals surface area contributed by atoms with Gasteiger partial charge in [0.25, 0.3) is 0 Å². The summed E-state index contributed by atoms with van der Waals surface area (Å²) >= 11 is 0. The Balaban J connectivity index is 2.85. The number of esters is 1. The van der Waals surface area contributed by atoms with Crippen LogP contribution in [0.1, 0.15) is 20.8 Å². The molecule has 7 N–H and O–H groups in total. The molecule has 0 aromatic carbocycles. The van der Waals surface area contributed by atoms with E-state index in [1.165, 1.54) is 20.8 Å². The fourth-order valence-corrected chi connectivity index (χ4v) is 2.34. The molecule has 10 nitrogen and oxygen atoms in total. The van der Waals surface area contributed by atoms with Crippen molar-refractivity contribution in [1.29, 1.82) is 0 Å². The number of carbonyl (C=O) groups is 2. The van der Waals surface area contributed by atoms with E-state index < -0.39 is 67.3 Å². The summed E-state index contributed by atoms with van der Waals surface area (Å²) in [5.74, 6) is -1.26. The molecule has 0 aromatic rings. The van der Waals surface area contributed by atoms with E-state index in [4.69, 9.17) is 30.8 Å². The third kappa shape index (κ3) is 4.93. The molecule has 24 heavy (non-hydrogen) atoms. The van der Waals surface area contributed by atoms with E-state index in [-0.39, 0.29) is 0 Å². The zero-order chi connectivity index (χ0) is 18.6. The summed E-state index contributed by atoms with van der Waals surface area (Å²) in [7, 11) is 0. The lowest BCUT2D eigenvalue weighted by Gasteiger charge is -2.42. The Labute approximate surface area is 139 Å². The van der Waals surface area contributed by atoms with E-state index in [1.807, 2.05) is 0 Å². The molecule has 1 aliphatic rings. The molecule has 1 heterocycles. The zero-order valence-corrected chi connectivity index (χ0v) is 13.9. The van der Waals surface area contributed by atoms with Gasteiger partial charge < -0.3 is 41.0 Å². The van der Waals surface area contributed by atoms with Crippen molar-refractivity contribution in [2.45, 2.75) is 69.7 Å². The van der Waals surface area contributed by atoms with E-state index in [0.717, 1.165) is 0 Å². The molecular weight excluding hydrogens is 324 g/mol. The Kier molecular flexibility index (Phi) is 7.67. The smallest absolute Gasteiger partial charge is 0.323 e. The highest BCUT2D eigenvalue weighted by Gasteiger charge is 2.45. The lowest BCUT2D eigenvalue weighted by atomic mass is 9.97. The van der Waals surface area contributed by atoms with Crippen LogP contribution in [0.3, 0.4) is 0 Å². The quantitative estimate of drug-likeness (QED) is 0.298. The van der Waals surface area contributed by atoms with Crippen LogP contribution < -0.4 is 11.5 Å². The minimum Gasteiger partial charge on any atom is -0.450 e. The van der Waals surface area contributed by atoms with Crippen molar-refractivity contribution in [1.82, 2.24) is 0 Å². The normalized spacial score (nSPS) is 34.2. The molecular formula is C14H26N2O8. The van der Waals surface area contributed by atoms with Crippen LogP contribution in [0.5, 0.6) is 0 Å². The Morgan fingerprint density at radius 3 is 2.33 bits per heavy atom. The molecule has 0 bridgehead atoms. The van der Waals surface area contributed by atoms with Gasteiger partial charge in [-0.2, -0.15) is 0 Å². The van der Waals surface area contributed by atoms with Gasteiger partial charge in [-0.3, -0.25) is 9.59 Å². The number of rotatable bonds is 7. The van der Waals surface area contributed by atoms with Gasteiger partial charge in [0.1, 0.15) is 24.4 Å². The predicted molar refractivity (Wildman–Crippen MR) is 80.5 cm³/mol. The van der Waals surface area contributed by atoms with Gasteiger partial charge in [-0.1, -0.05) is 0 Å². The van der Waals surface area contributed by atoms with Crippen LogP contribution in [-0.4, -0.2) is 82.6 Å². The number of aliphatic hydroxyl groups excluding tert-OH is 3. The van der Waals surface area contributed by atoms with Crippen LogP contribution in [-0.2, 0) is 23.8 Å². The van der Waals surface area contributed by atoms with Crippen LogP contribution in [0.4, 0.5) is 0 Å². The van der Waals surface area contributed by atoms with Gasteiger partial charge in [0.15, 0.2) is 18.2 Å². The highest BCUT2D eigenvalue weighted by atomic mass is 16.6. The Bertz CT molecular complexity index is 446. The maximum absolute atomic E-state index is 11.7. The summed E-state index contributed by atoms with van der Waals surface area (Å²) < 4.78 is 15.5. The number of aliphatic hydroxyl groups is 3. The minimum absolute atomic E-state index is 0.481. The molecule has 0 spiro atoms. The first-order valence-electron chi connectivity index (χ1n) is 7.60. The number of hydrogen-bond acceptors (Lipinski definition) is 10. The van der Waals surface area contributed by atoms with Crippen molar-refractivity contribution in [3.8, 4) is 0 Å². The molecule has 2 unspecified atom stereocenters. The largest absolute Gasteiger partial charge is 0.450 e. The maximum atomic E-state index is 11.7. The molecule has 1 saturated heterocycles. The average molecular weight is 350 g/mol. The number of hydrogen-bond donors (Lipinski definition) is 5. The van der Waals surface area contributed by atoms with Gasteiger partial charge in [-0.15, -0.1) is 0 Å². The molecule has 0 radical (unpaired) electrons. The fraction of sp³-hybridized carbons (Fsp3) is 0.857. The summed E-state index contributed by atoms with van der Waals surface area (Å²) in [5, 5.41) is 29.0.